The van der Waals surface area contributed by atoms with Crippen molar-refractivity contribution in [2.45, 2.75) is 25.5 Å². The molecule has 176 valence electrons. The average Bonchev–Trinajstić information content (AvgIpc) is 3.15. The highest BCUT2D eigenvalue weighted by atomic mass is 35.5. The molecule has 9 heteroatoms. The Morgan fingerprint density at radius 2 is 1.71 bits per heavy atom. The van der Waals surface area contributed by atoms with Crippen LogP contribution in [0.4, 0.5) is 0 Å². The van der Waals surface area contributed by atoms with Crippen molar-refractivity contribution in [3.63, 3.8) is 0 Å². The summed E-state index contributed by atoms with van der Waals surface area (Å²) in [6.45, 7) is 4.26. The zero-order valence-corrected chi connectivity index (χ0v) is 19.9. The van der Waals surface area contributed by atoms with Gasteiger partial charge >= 0.3 is 5.69 Å². The van der Waals surface area contributed by atoms with Crippen LogP contribution in [0.1, 0.15) is 31.2 Å². The molecule has 0 fully saturated rings. The molecule has 4 aromatic rings. The second-order valence-corrected chi connectivity index (χ2v) is 9.69. The standard InChI is InChI=1S/C25H24ClN3O5/c1-25(2)12-34-22(16-10-9-15(30)11-17(16)31)21-20-18(23(32)28(4)24(33)27(20)3)19(29(21)25)13-5-7-14(26)8-6-13/h5-11,22,30-31H,12H2,1-4H3. The predicted molar refractivity (Wildman–Crippen MR) is 130 cm³/mol. The Balaban J connectivity index is 2.01. The van der Waals surface area contributed by atoms with Gasteiger partial charge in [-0.15, -0.1) is 0 Å². The van der Waals surface area contributed by atoms with Gasteiger partial charge in [0, 0.05) is 30.7 Å². The number of rotatable bonds is 2. The Bertz CT molecular complexity index is 1580. The fourth-order valence-electron chi connectivity index (χ4n) is 4.87. The van der Waals surface area contributed by atoms with Crippen LogP contribution >= 0.6 is 11.6 Å². The van der Waals surface area contributed by atoms with Gasteiger partial charge in [0.2, 0.25) is 0 Å². The molecule has 2 N–H and O–H groups in total. The Morgan fingerprint density at radius 1 is 1.03 bits per heavy atom. The molecule has 1 atom stereocenters. The lowest BCUT2D eigenvalue weighted by Gasteiger charge is -2.39. The third-order valence-corrected chi connectivity index (χ3v) is 6.73. The second kappa shape index (κ2) is 7.51. The van der Waals surface area contributed by atoms with Crippen molar-refractivity contribution >= 4 is 22.5 Å². The van der Waals surface area contributed by atoms with Gasteiger partial charge in [-0.2, -0.15) is 0 Å². The van der Waals surface area contributed by atoms with Crippen LogP contribution < -0.4 is 11.2 Å². The summed E-state index contributed by atoms with van der Waals surface area (Å²) in [4.78, 5) is 26.5. The summed E-state index contributed by atoms with van der Waals surface area (Å²) in [5, 5.41) is 21.4. The van der Waals surface area contributed by atoms with Crippen LogP contribution in [0.2, 0.25) is 5.02 Å². The summed E-state index contributed by atoms with van der Waals surface area (Å²) >= 11 is 6.14. The fourth-order valence-corrected chi connectivity index (χ4v) is 4.99. The van der Waals surface area contributed by atoms with E-state index in [1.807, 2.05) is 30.5 Å². The molecule has 2 aromatic carbocycles. The van der Waals surface area contributed by atoms with Crippen molar-refractivity contribution in [3.8, 4) is 22.8 Å². The summed E-state index contributed by atoms with van der Waals surface area (Å²) in [7, 11) is 3.07. The highest BCUT2D eigenvalue weighted by Crippen LogP contribution is 2.47. The van der Waals surface area contributed by atoms with Crippen LogP contribution in [0, 0.1) is 0 Å². The third kappa shape index (κ3) is 3.09. The fraction of sp³-hybridized carbons (Fsp3) is 0.280. The van der Waals surface area contributed by atoms with Crippen LogP contribution in [-0.4, -0.2) is 30.5 Å². The molecule has 2 aromatic heterocycles. The number of nitrogens with zero attached hydrogens (tertiary/aromatic N) is 3. The first-order valence-electron chi connectivity index (χ1n) is 10.8. The minimum absolute atomic E-state index is 0.0826. The molecule has 0 saturated carbocycles. The summed E-state index contributed by atoms with van der Waals surface area (Å²) in [5.41, 5.74) is 1.37. The maximum absolute atomic E-state index is 13.5. The smallest absolute Gasteiger partial charge is 0.331 e. The molecule has 0 aliphatic carbocycles. The van der Waals surface area contributed by atoms with Crippen LogP contribution in [0.15, 0.2) is 52.1 Å². The van der Waals surface area contributed by atoms with Gasteiger partial charge in [0.25, 0.3) is 5.56 Å². The largest absolute Gasteiger partial charge is 0.508 e. The zero-order valence-electron chi connectivity index (χ0n) is 19.2. The molecule has 1 aliphatic heterocycles. The van der Waals surface area contributed by atoms with Crippen molar-refractivity contribution in [1.29, 1.82) is 0 Å². The molecule has 5 rings (SSSR count). The van der Waals surface area contributed by atoms with Crippen molar-refractivity contribution in [1.82, 2.24) is 13.7 Å². The Morgan fingerprint density at radius 3 is 2.35 bits per heavy atom. The number of aromatic hydroxyl groups is 2. The van der Waals surface area contributed by atoms with Crippen LogP contribution in [0.5, 0.6) is 11.5 Å². The maximum atomic E-state index is 13.5. The first kappa shape index (κ1) is 22.3. The van der Waals surface area contributed by atoms with Crippen LogP contribution in [-0.2, 0) is 24.4 Å². The average molecular weight is 482 g/mol. The molecule has 0 amide bonds. The topological polar surface area (TPSA) is 98.6 Å². The number of aryl methyl sites for hydroxylation is 1. The number of hydrogen-bond donors (Lipinski definition) is 2. The number of ether oxygens (including phenoxy) is 1. The van der Waals surface area contributed by atoms with E-state index in [0.29, 0.717) is 32.9 Å². The van der Waals surface area contributed by atoms with Gasteiger partial charge in [-0.05, 0) is 43.7 Å². The zero-order chi connectivity index (χ0) is 24.5. The summed E-state index contributed by atoms with van der Waals surface area (Å²) in [6, 6.07) is 11.5. The second-order valence-electron chi connectivity index (χ2n) is 9.25. The first-order chi connectivity index (χ1) is 16.0. The maximum Gasteiger partial charge on any atom is 0.331 e. The minimum Gasteiger partial charge on any atom is -0.508 e. The van der Waals surface area contributed by atoms with E-state index in [2.05, 4.69) is 0 Å². The number of fused-ring (bicyclic) bond motifs is 3. The Hall–Kier alpha value is -3.49. The normalized spacial score (nSPS) is 17.1. The summed E-state index contributed by atoms with van der Waals surface area (Å²) in [6.07, 6.45) is -0.783. The minimum atomic E-state index is -0.783. The van der Waals surface area contributed by atoms with Crippen molar-refractivity contribution in [3.05, 3.63) is 79.6 Å². The van der Waals surface area contributed by atoms with E-state index in [1.54, 1.807) is 25.2 Å². The molecule has 0 bridgehead atoms. The summed E-state index contributed by atoms with van der Waals surface area (Å²) < 4.78 is 10.8. The van der Waals surface area contributed by atoms with Crippen LogP contribution in [0.25, 0.3) is 22.2 Å². The van der Waals surface area contributed by atoms with E-state index in [-0.39, 0.29) is 18.1 Å². The Kier molecular flexibility index (Phi) is 4.93. The van der Waals surface area contributed by atoms with Gasteiger partial charge in [-0.3, -0.25) is 13.9 Å². The van der Waals surface area contributed by atoms with Gasteiger partial charge in [-0.25, -0.2) is 4.79 Å². The third-order valence-electron chi connectivity index (χ3n) is 6.48. The summed E-state index contributed by atoms with van der Waals surface area (Å²) in [5.74, 6) is -0.228. The van der Waals surface area contributed by atoms with Crippen molar-refractivity contribution in [2.24, 2.45) is 14.1 Å². The quantitative estimate of drug-likeness (QED) is 0.455. The lowest BCUT2D eigenvalue weighted by Crippen LogP contribution is -2.40. The van der Waals surface area contributed by atoms with Gasteiger partial charge in [0.1, 0.15) is 17.6 Å². The van der Waals surface area contributed by atoms with E-state index in [1.165, 1.54) is 23.7 Å². The van der Waals surface area contributed by atoms with E-state index in [4.69, 9.17) is 16.3 Å². The number of phenols is 2. The van der Waals surface area contributed by atoms with E-state index in [9.17, 15) is 19.8 Å². The van der Waals surface area contributed by atoms with Gasteiger partial charge in [-0.1, -0.05) is 23.7 Å². The lowest BCUT2D eigenvalue weighted by molar-refractivity contribution is -0.00800. The number of benzene rings is 2. The van der Waals surface area contributed by atoms with Crippen LogP contribution in [0.3, 0.4) is 0 Å². The molecule has 3 heterocycles. The molecule has 0 saturated heterocycles. The molecule has 0 radical (unpaired) electrons. The van der Waals surface area contributed by atoms with E-state index >= 15 is 0 Å². The van der Waals surface area contributed by atoms with E-state index in [0.717, 1.165) is 10.1 Å². The predicted octanol–water partition coefficient (Wildman–Crippen LogP) is 3.63. The van der Waals surface area contributed by atoms with Gasteiger partial charge in [0.15, 0.2) is 0 Å². The lowest BCUT2D eigenvalue weighted by atomic mass is 9.97. The SMILES string of the molecule is Cn1c(=O)c2c(-c3ccc(Cl)cc3)n3c(c2n(C)c1=O)C(c1ccc(O)cc1O)OCC3(C)C. The van der Waals surface area contributed by atoms with Gasteiger partial charge < -0.3 is 19.5 Å². The number of aromatic nitrogens is 3. The monoisotopic (exact) mass is 481 g/mol. The number of phenolic OH excluding ortho intramolecular Hbond substituents is 2. The molecular formula is C25H24ClN3O5. The van der Waals surface area contributed by atoms with Crippen molar-refractivity contribution in [2.75, 3.05) is 6.61 Å². The van der Waals surface area contributed by atoms with Crippen molar-refractivity contribution < 1.29 is 14.9 Å². The molecule has 1 unspecified atom stereocenters. The highest BCUT2D eigenvalue weighted by molar-refractivity contribution is 6.30. The number of halogens is 1. The van der Waals surface area contributed by atoms with Gasteiger partial charge in [0.05, 0.1) is 34.4 Å². The molecular weight excluding hydrogens is 458 g/mol. The molecule has 8 nitrogen and oxygen atoms in total. The Labute approximate surface area is 199 Å². The highest BCUT2D eigenvalue weighted by Gasteiger charge is 2.41. The molecule has 0 spiro atoms. The van der Waals surface area contributed by atoms with E-state index < -0.39 is 22.9 Å². The molecule has 34 heavy (non-hydrogen) atoms. The molecule has 1 aliphatic rings. The first-order valence-corrected chi connectivity index (χ1v) is 11.1. The number of hydrogen-bond acceptors (Lipinski definition) is 5.